The third-order valence-corrected chi connectivity index (χ3v) is 4.10. The van der Waals surface area contributed by atoms with E-state index in [-0.39, 0.29) is 12.0 Å². The van der Waals surface area contributed by atoms with E-state index in [1.165, 1.54) is 12.1 Å². The summed E-state index contributed by atoms with van der Waals surface area (Å²) in [4.78, 5) is 24.9. The number of fused-ring (bicyclic) bond motifs is 1. The van der Waals surface area contributed by atoms with Crippen molar-refractivity contribution in [3.63, 3.8) is 0 Å². The Morgan fingerprint density at radius 3 is 2.50 bits per heavy atom. The van der Waals surface area contributed by atoms with Gasteiger partial charge in [0.2, 0.25) is 0 Å². The van der Waals surface area contributed by atoms with Crippen LogP contribution in [0.1, 0.15) is 21.5 Å². The van der Waals surface area contributed by atoms with Crippen molar-refractivity contribution in [1.29, 1.82) is 0 Å². The number of carboxylic acid groups (broad SMARTS) is 2. The number of carbonyl (C=O) groups is 2. The van der Waals surface area contributed by atoms with Gasteiger partial charge < -0.3 is 25.7 Å². The summed E-state index contributed by atoms with van der Waals surface area (Å²) >= 11 is 0. The van der Waals surface area contributed by atoms with E-state index in [4.69, 9.17) is 20.7 Å². The smallest absolute Gasteiger partial charge is 0.335 e. The number of hydrogen-bond acceptors (Lipinski definition) is 4. The van der Waals surface area contributed by atoms with Gasteiger partial charge in [-0.2, -0.15) is 0 Å². The molecule has 0 aliphatic heterocycles. The fourth-order valence-electron chi connectivity index (χ4n) is 2.65. The minimum absolute atomic E-state index is 0.218. The van der Waals surface area contributed by atoms with Gasteiger partial charge in [0.1, 0.15) is 18.4 Å². The standard InChI is InChI=1S/C19H18N2O5/c20-16(19(24)25)7-13-9-21-17-6-5-14(8-15(13)17)26-10-11-1-3-12(4-2-11)18(22)23/h1-6,8-9,16,21H,7,10,20H2,(H,22,23)(H,24,25). The van der Waals surface area contributed by atoms with Gasteiger partial charge in [0.15, 0.2) is 0 Å². The zero-order valence-corrected chi connectivity index (χ0v) is 13.8. The third kappa shape index (κ3) is 3.84. The molecule has 0 aliphatic rings. The Hall–Kier alpha value is -3.32. The van der Waals surface area contributed by atoms with Crippen molar-refractivity contribution in [1.82, 2.24) is 4.98 Å². The maximum atomic E-state index is 11.0. The molecule has 2 aromatic carbocycles. The summed E-state index contributed by atoms with van der Waals surface area (Å²) in [6.07, 6.45) is 1.97. The molecular weight excluding hydrogens is 336 g/mol. The topological polar surface area (TPSA) is 126 Å². The zero-order chi connectivity index (χ0) is 18.7. The van der Waals surface area contributed by atoms with Crippen molar-refractivity contribution in [2.24, 2.45) is 5.73 Å². The van der Waals surface area contributed by atoms with Gasteiger partial charge in [-0.1, -0.05) is 12.1 Å². The quantitative estimate of drug-likeness (QED) is 0.516. The van der Waals surface area contributed by atoms with Crippen LogP contribution in [0.15, 0.2) is 48.7 Å². The first kappa shape index (κ1) is 17.5. The second-order valence-electron chi connectivity index (χ2n) is 5.96. The Kier molecular flexibility index (Phi) is 4.90. The molecule has 7 heteroatoms. The normalized spacial score (nSPS) is 12.0. The van der Waals surface area contributed by atoms with Gasteiger partial charge in [-0.05, 0) is 41.5 Å². The van der Waals surface area contributed by atoms with E-state index in [1.54, 1.807) is 18.3 Å². The maximum Gasteiger partial charge on any atom is 0.335 e. The highest BCUT2D eigenvalue weighted by molar-refractivity contribution is 5.87. The molecule has 1 atom stereocenters. The van der Waals surface area contributed by atoms with E-state index in [0.717, 1.165) is 22.0 Å². The average Bonchev–Trinajstić information content (AvgIpc) is 3.02. The molecule has 1 heterocycles. The lowest BCUT2D eigenvalue weighted by atomic mass is 10.1. The summed E-state index contributed by atoms with van der Waals surface area (Å²) < 4.78 is 5.77. The summed E-state index contributed by atoms with van der Waals surface area (Å²) in [6, 6.07) is 11.0. The van der Waals surface area contributed by atoms with Gasteiger partial charge in [0.05, 0.1) is 5.56 Å². The number of carboxylic acids is 2. The Morgan fingerprint density at radius 1 is 1.12 bits per heavy atom. The molecule has 3 aromatic rings. The molecule has 0 radical (unpaired) electrons. The Bertz CT molecular complexity index is 946. The lowest BCUT2D eigenvalue weighted by molar-refractivity contribution is -0.138. The second kappa shape index (κ2) is 7.28. The van der Waals surface area contributed by atoms with E-state index < -0.39 is 18.0 Å². The Labute approximate surface area is 149 Å². The molecule has 0 aliphatic carbocycles. The molecule has 0 amide bonds. The molecule has 3 rings (SSSR count). The SMILES string of the molecule is NC(Cc1c[nH]c2ccc(OCc3ccc(C(=O)O)cc3)cc12)C(=O)O. The largest absolute Gasteiger partial charge is 0.489 e. The van der Waals surface area contributed by atoms with Crippen LogP contribution in [0, 0.1) is 0 Å². The second-order valence-corrected chi connectivity index (χ2v) is 5.96. The van der Waals surface area contributed by atoms with Crippen LogP contribution >= 0.6 is 0 Å². The van der Waals surface area contributed by atoms with E-state index in [9.17, 15) is 9.59 Å². The van der Waals surface area contributed by atoms with Crippen LogP contribution < -0.4 is 10.5 Å². The number of aliphatic carboxylic acids is 1. The van der Waals surface area contributed by atoms with Crippen molar-refractivity contribution < 1.29 is 24.5 Å². The Morgan fingerprint density at radius 2 is 1.85 bits per heavy atom. The lowest BCUT2D eigenvalue weighted by Crippen LogP contribution is -2.32. The number of aromatic nitrogens is 1. The highest BCUT2D eigenvalue weighted by Gasteiger charge is 2.15. The first-order valence-corrected chi connectivity index (χ1v) is 7.97. The minimum atomic E-state index is -1.04. The first-order chi connectivity index (χ1) is 12.4. The molecule has 0 spiro atoms. The number of aromatic carboxylic acids is 1. The average molecular weight is 354 g/mol. The van der Waals surface area contributed by atoms with Crippen molar-refractivity contribution in [3.8, 4) is 5.75 Å². The molecule has 0 saturated carbocycles. The van der Waals surface area contributed by atoms with Gasteiger partial charge in [-0.25, -0.2) is 4.79 Å². The van der Waals surface area contributed by atoms with Crippen LogP contribution in [0.25, 0.3) is 10.9 Å². The number of hydrogen-bond donors (Lipinski definition) is 4. The van der Waals surface area contributed by atoms with Crippen LogP contribution in [-0.2, 0) is 17.8 Å². The fourth-order valence-corrected chi connectivity index (χ4v) is 2.65. The van der Waals surface area contributed by atoms with Crippen LogP contribution in [0.5, 0.6) is 5.75 Å². The van der Waals surface area contributed by atoms with E-state index in [0.29, 0.717) is 12.4 Å². The molecule has 5 N–H and O–H groups in total. The summed E-state index contributed by atoms with van der Waals surface area (Å²) in [5.74, 6) is -1.39. The molecule has 134 valence electrons. The van der Waals surface area contributed by atoms with Crippen LogP contribution in [0.2, 0.25) is 0 Å². The van der Waals surface area contributed by atoms with Crippen LogP contribution in [-0.4, -0.2) is 33.2 Å². The summed E-state index contributed by atoms with van der Waals surface area (Å²) in [5, 5.41) is 18.7. The first-order valence-electron chi connectivity index (χ1n) is 7.97. The highest BCUT2D eigenvalue weighted by atomic mass is 16.5. The highest BCUT2D eigenvalue weighted by Crippen LogP contribution is 2.25. The number of rotatable bonds is 7. The van der Waals surface area contributed by atoms with E-state index >= 15 is 0 Å². The predicted molar refractivity (Wildman–Crippen MR) is 95.3 cm³/mol. The summed E-state index contributed by atoms with van der Waals surface area (Å²) in [7, 11) is 0. The molecule has 7 nitrogen and oxygen atoms in total. The van der Waals surface area contributed by atoms with Crippen LogP contribution in [0.3, 0.4) is 0 Å². The lowest BCUT2D eigenvalue weighted by Gasteiger charge is -2.08. The fraction of sp³-hybridized carbons (Fsp3) is 0.158. The van der Waals surface area contributed by atoms with E-state index in [1.807, 2.05) is 18.2 Å². The van der Waals surface area contributed by atoms with Crippen LogP contribution in [0.4, 0.5) is 0 Å². The number of nitrogens with two attached hydrogens (primary N) is 1. The minimum Gasteiger partial charge on any atom is -0.489 e. The molecule has 0 fully saturated rings. The molecule has 1 unspecified atom stereocenters. The number of H-pyrrole nitrogens is 1. The van der Waals surface area contributed by atoms with Gasteiger partial charge in [0.25, 0.3) is 0 Å². The molecule has 0 bridgehead atoms. The van der Waals surface area contributed by atoms with Gasteiger partial charge in [-0.15, -0.1) is 0 Å². The zero-order valence-electron chi connectivity index (χ0n) is 13.8. The molecule has 26 heavy (non-hydrogen) atoms. The maximum absolute atomic E-state index is 11.0. The van der Waals surface area contributed by atoms with E-state index in [2.05, 4.69) is 4.98 Å². The third-order valence-electron chi connectivity index (χ3n) is 4.10. The number of nitrogens with one attached hydrogen (secondary N) is 1. The molecule has 1 aromatic heterocycles. The van der Waals surface area contributed by atoms with Gasteiger partial charge >= 0.3 is 11.9 Å². The number of ether oxygens (including phenoxy) is 1. The van der Waals surface area contributed by atoms with Gasteiger partial charge in [-0.3, -0.25) is 4.79 Å². The van der Waals surface area contributed by atoms with Crippen molar-refractivity contribution in [2.75, 3.05) is 0 Å². The van der Waals surface area contributed by atoms with Crippen molar-refractivity contribution in [3.05, 3.63) is 65.4 Å². The molecule has 0 saturated heterocycles. The summed E-state index contributed by atoms with van der Waals surface area (Å²) in [5.41, 5.74) is 8.37. The predicted octanol–water partition coefficient (Wildman–Crippen LogP) is 2.40. The number of benzene rings is 2. The van der Waals surface area contributed by atoms with Crippen molar-refractivity contribution in [2.45, 2.75) is 19.1 Å². The summed E-state index contributed by atoms with van der Waals surface area (Å²) in [6.45, 7) is 0.291. The van der Waals surface area contributed by atoms with Gasteiger partial charge in [0, 0.05) is 23.5 Å². The number of aromatic amines is 1. The molecular formula is C19H18N2O5. The Balaban J connectivity index is 1.74. The monoisotopic (exact) mass is 354 g/mol. The van der Waals surface area contributed by atoms with Crippen molar-refractivity contribution >= 4 is 22.8 Å².